The highest BCUT2D eigenvalue weighted by molar-refractivity contribution is 7.16. The Morgan fingerprint density at radius 3 is 2.83 bits per heavy atom. The van der Waals surface area contributed by atoms with Crippen molar-refractivity contribution in [3.63, 3.8) is 0 Å². The van der Waals surface area contributed by atoms with Crippen molar-refractivity contribution in [1.82, 2.24) is 4.98 Å². The minimum atomic E-state index is -0.946. The maximum atomic E-state index is 13.5. The van der Waals surface area contributed by atoms with Crippen LogP contribution in [0, 0.1) is 24.5 Å². The van der Waals surface area contributed by atoms with Crippen LogP contribution in [0.2, 0.25) is 0 Å². The third-order valence-electron chi connectivity index (χ3n) is 5.07. The lowest BCUT2D eigenvalue weighted by Crippen LogP contribution is -2.30. The van der Waals surface area contributed by atoms with E-state index >= 15 is 0 Å². The van der Waals surface area contributed by atoms with Crippen molar-refractivity contribution in [3.05, 3.63) is 64.5 Å². The fraction of sp³-hybridized carbons (Fsp3) is 0.227. The molecule has 2 amide bonds. The number of hydrogen-bond acceptors (Lipinski definition) is 4. The maximum Gasteiger partial charge on any atom is 0.227 e. The highest BCUT2D eigenvalue weighted by atomic mass is 32.1. The van der Waals surface area contributed by atoms with Crippen molar-refractivity contribution in [2.45, 2.75) is 26.2 Å². The van der Waals surface area contributed by atoms with E-state index in [1.807, 2.05) is 24.3 Å². The number of carbonyl (C=O) groups excluding carboxylic acids is 2. The second kappa shape index (κ2) is 8.31. The smallest absolute Gasteiger partial charge is 0.227 e. The molecule has 3 aromatic rings. The standard InChI is InChI=1S/C22H19F2N3O2S/c1-12-20(14-6-8-16(23)17(24)11-14)27-22(30-12)26-19(28)9-7-15-10-13-4-2-3-5-18(13)25-21(15)29/h2-6,8,11,15H,7,9-10H2,1H3,(H,25,29)(H,26,27,28)/t15-/m1/s1. The molecule has 0 saturated heterocycles. The summed E-state index contributed by atoms with van der Waals surface area (Å²) in [6, 6.07) is 11.2. The number of anilines is 2. The van der Waals surface area contributed by atoms with Crippen molar-refractivity contribution in [3.8, 4) is 11.3 Å². The SMILES string of the molecule is Cc1sc(NC(=O)CC[C@@H]2Cc3ccccc3NC2=O)nc1-c1ccc(F)c(F)c1. The molecule has 2 aromatic carbocycles. The van der Waals surface area contributed by atoms with Gasteiger partial charge < -0.3 is 10.6 Å². The molecular weight excluding hydrogens is 408 g/mol. The molecule has 30 heavy (non-hydrogen) atoms. The van der Waals surface area contributed by atoms with Gasteiger partial charge in [0.2, 0.25) is 11.8 Å². The molecule has 4 rings (SSSR count). The Morgan fingerprint density at radius 2 is 2.03 bits per heavy atom. The number of fused-ring (bicyclic) bond motifs is 1. The molecule has 0 bridgehead atoms. The molecule has 0 fully saturated rings. The Balaban J connectivity index is 1.38. The monoisotopic (exact) mass is 427 g/mol. The first kappa shape index (κ1) is 20.2. The minimum Gasteiger partial charge on any atom is -0.326 e. The summed E-state index contributed by atoms with van der Waals surface area (Å²) in [5, 5.41) is 6.01. The zero-order valence-electron chi connectivity index (χ0n) is 16.2. The summed E-state index contributed by atoms with van der Waals surface area (Å²) in [5.74, 6) is -2.45. The average molecular weight is 427 g/mol. The Kier molecular flexibility index (Phi) is 5.59. The summed E-state index contributed by atoms with van der Waals surface area (Å²) < 4.78 is 26.7. The third kappa shape index (κ3) is 4.23. The molecule has 0 saturated carbocycles. The van der Waals surface area contributed by atoms with E-state index in [-0.39, 0.29) is 24.2 Å². The summed E-state index contributed by atoms with van der Waals surface area (Å²) >= 11 is 1.26. The summed E-state index contributed by atoms with van der Waals surface area (Å²) in [7, 11) is 0. The van der Waals surface area contributed by atoms with Crippen LogP contribution in [0.5, 0.6) is 0 Å². The number of nitrogens with one attached hydrogen (secondary N) is 2. The van der Waals surface area contributed by atoms with Gasteiger partial charge in [0.15, 0.2) is 16.8 Å². The molecule has 0 radical (unpaired) electrons. The van der Waals surface area contributed by atoms with Crippen LogP contribution in [0.25, 0.3) is 11.3 Å². The molecule has 8 heteroatoms. The van der Waals surface area contributed by atoms with Gasteiger partial charge in [-0.1, -0.05) is 18.2 Å². The number of halogens is 2. The number of para-hydroxylation sites is 1. The lowest BCUT2D eigenvalue weighted by Gasteiger charge is -2.24. The van der Waals surface area contributed by atoms with Crippen LogP contribution >= 0.6 is 11.3 Å². The molecule has 154 valence electrons. The van der Waals surface area contributed by atoms with Crippen LogP contribution < -0.4 is 10.6 Å². The predicted octanol–water partition coefficient (Wildman–Crippen LogP) is 4.93. The fourth-order valence-corrected chi connectivity index (χ4v) is 4.35. The lowest BCUT2D eigenvalue weighted by molar-refractivity contribution is -0.121. The molecule has 2 N–H and O–H groups in total. The number of amides is 2. The van der Waals surface area contributed by atoms with Gasteiger partial charge in [-0.05, 0) is 49.6 Å². The molecule has 2 heterocycles. The molecule has 1 aromatic heterocycles. The Bertz CT molecular complexity index is 1130. The van der Waals surface area contributed by atoms with Gasteiger partial charge >= 0.3 is 0 Å². The van der Waals surface area contributed by atoms with Crippen molar-refractivity contribution in [1.29, 1.82) is 0 Å². The first-order valence-corrected chi connectivity index (χ1v) is 10.3. The number of nitrogens with zero attached hydrogens (tertiary/aromatic N) is 1. The molecule has 0 aliphatic carbocycles. The molecule has 0 spiro atoms. The van der Waals surface area contributed by atoms with Gasteiger partial charge in [0.05, 0.1) is 5.69 Å². The van der Waals surface area contributed by atoms with E-state index < -0.39 is 11.6 Å². The van der Waals surface area contributed by atoms with Crippen molar-refractivity contribution in [2.24, 2.45) is 5.92 Å². The summed E-state index contributed by atoms with van der Waals surface area (Å²) in [6.45, 7) is 1.80. The second-order valence-corrected chi connectivity index (χ2v) is 8.39. The zero-order chi connectivity index (χ0) is 21.3. The third-order valence-corrected chi connectivity index (χ3v) is 5.95. The number of aromatic nitrogens is 1. The number of rotatable bonds is 5. The topological polar surface area (TPSA) is 71.1 Å². The molecule has 0 unspecified atom stereocenters. The van der Waals surface area contributed by atoms with Gasteiger partial charge in [-0.15, -0.1) is 11.3 Å². The molecule has 5 nitrogen and oxygen atoms in total. The number of carbonyl (C=O) groups is 2. The van der Waals surface area contributed by atoms with E-state index in [0.29, 0.717) is 29.2 Å². The van der Waals surface area contributed by atoms with Gasteiger partial charge in [-0.2, -0.15) is 0 Å². The van der Waals surface area contributed by atoms with Gasteiger partial charge in [-0.3, -0.25) is 9.59 Å². The number of aryl methyl sites for hydroxylation is 1. The lowest BCUT2D eigenvalue weighted by atomic mass is 9.89. The zero-order valence-corrected chi connectivity index (χ0v) is 17.0. The van der Waals surface area contributed by atoms with Gasteiger partial charge in [0.1, 0.15) is 0 Å². The van der Waals surface area contributed by atoms with Crippen LogP contribution in [0.4, 0.5) is 19.6 Å². The van der Waals surface area contributed by atoms with E-state index in [4.69, 9.17) is 0 Å². The van der Waals surface area contributed by atoms with Crippen LogP contribution in [0.3, 0.4) is 0 Å². The molecule has 1 aliphatic rings. The highest BCUT2D eigenvalue weighted by Gasteiger charge is 2.26. The Morgan fingerprint density at radius 1 is 1.23 bits per heavy atom. The van der Waals surface area contributed by atoms with Crippen molar-refractivity contribution < 1.29 is 18.4 Å². The second-order valence-electron chi connectivity index (χ2n) is 7.19. The average Bonchev–Trinajstić information content (AvgIpc) is 3.08. The summed E-state index contributed by atoms with van der Waals surface area (Å²) in [5.41, 5.74) is 2.83. The van der Waals surface area contributed by atoms with Crippen LogP contribution in [0.15, 0.2) is 42.5 Å². The Labute approximate surface area is 176 Å². The van der Waals surface area contributed by atoms with E-state index in [1.165, 1.54) is 17.4 Å². The van der Waals surface area contributed by atoms with Gasteiger partial charge in [0, 0.05) is 28.5 Å². The van der Waals surface area contributed by atoms with Crippen molar-refractivity contribution >= 4 is 34.0 Å². The molecular formula is C22H19F2N3O2S. The Hall–Kier alpha value is -3.13. The largest absolute Gasteiger partial charge is 0.326 e. The number of benzene rings is 2. The molecule has 1 aliphatic heterocycles. The van der Waals surface area contributed by atoms with Crippen LogP contribution in [-0.4, -0.2) is 16.8 Å². The van der Waals surface area contributed by atoms with E-state index in [0.717, 1.165) is 28.3 Å². The van der Waals surface area contributed by atoms with Crippen LogP contribution in [0.1, 0.15) is 23.3 Å². The maximum absolute atomic E-state index is 13.5. The summed E-state index contributed by atoms with van der Waals surface area (Å²) in [6.07, 6.45) is 1.21. The first-order chi connectivity index (χ1) is 14.4. The summed E-state index contributed by atoms with van der Waals surface area (Å²) in [4.78, 5) is 29.8. The van der Waals surface area contributed by atoms with Gasteiger partial charge in [-0.25, -0.2) is 13.8 Å². The number of hydrogen-bond donors (Lipinski definition) is 2. The first-order valence-electron chi connectivity index (χ1n) is 9.52. The van der Waals surface area contributed by atoms with Crippen LogP contribution in [-0.2, 0) is 16.0 Å². The molecule has 1 atom stereocenters. The normalized spacial score (nSPS) is 15.4. The quantitative estimate of drug-likeness (QED) is 0.607. The van der Waals surface area contributed by atoms with E-state index in [2.05, 4.69) is 15.6 Å². The highest BCUT2D eigenvalue weighted by Crippen LogP contribution is 2.32. The van der Waals surface area contributed by atoms with Gasteiger partial charge in [0.25, 0.3) is 0 Å². The van der Waals surface area contributed by atoms with E-state index in [9.17, 15) is 18.4 Å². The minimum absolute atomic E-state index is 0.0767. The number of thiazole rings is 1. The fourth-order valence-electron chi connectivity index (χ4n) is 3.49. The van der Waals surface area contributed by atoms with Crippen molar-refractivity contribution in [2.75, 3.05) is 10.6 Å². The predicted molar refractivity (Wildman–Crippen MR) is 112 cm³/mol. The van der Waals surface area contributed by atoms with E-state index in [1.54, 1.807) is 6.92 Å².